The molecule has 0 spiro atoms. The average molecular weight is 344 g/mol. The van der Waals surface area contributed by atoms with E-state index in [1.165, 1.54) is 6.07 Å². The van der Waals surface area contributed by atoms with Gasteiger partial charge in [-0.15, -0.1) is 0 Å². The molecule has 0 aliphatic carbocycles. The Bertz CT molecular complexity index is 1010. The third kappa shape index (κ3) is 3.40. The number of Topliss-reactive ketones (excluding diaryl/α,β-unsaturated/α-hetero) is 1. The Kier molecular flexibility index (Phi) is 4.56. The van der Waals surface area contributed by atoms with Gasteiger partial charge in [0.2, 0.25) is 0 Å². The number of hydrogen-bond donors (Lipinski definition) is 1. The first-order valence-electron chi connectivity index (χ1n) is 7.53. The Morgan fingerprint density at radius 1 is 1.24 bits per heavy atom. The number of ketones is 1. The van der Waals surface area contributed by atoms with E-state index < -0.39 is 28.4 Å². The number of aryl methyl sites for hydroxylation is 1. The molecule has 0 saturated heterocycles. The van der Waals surface area contributed by atoms with Crippen LogP contribution in [-0.2, 0) is 6.42 Å². The van der Waals surface area contributed by atoms with Gasteiger partial charge < -0.3 is 9.72 Å². The number of aromatic amines is 1. The smallest absolute Gasteiger partial charge is 0.262 e. The van der Waals surface area contributed by atoms with Crippen LogP contribution < -0.4 is 10.3 Å². The van der Waals surface area contributed by atoms with Gasteiger partial charge >= 0.3 is 0 Å². The minimum atomic E-state index is -1.28. The van der Waals surface area contributed by atoms with Gasteiger partial charge in [0.15, 0.2) is 23.2 Å². The van der Waals surface area contributed by atoms with Gasteiger partial charge in [-0.05, 0) is 36.2 Å². The number of carbonyl (C=O) groups is 1. The number of carbonyl (C=O) groups excluding carboxylic acids is 1. The number of methoxy groups -OCH3 is 1. The van der Waals surface area contributed by atoms with Gasteiger partial charge in [-0.25, -0.2) is 13.8 Å². The first-order valence-corrected chi connectivity index (χ1v) is 7.53. The number of nitrogens with one attached hydrogen (secondary N) is 1. The van der Waals surface area contributed by atoms with Crippen LogP contribution in [0.5, 0.6) is 5.75 Å². The van der Waals surface area contributed by atoms with Crippen molar-refractivity contribution in [2.45, 2.75) is 12.8 Å². The van der Waals surface area contributed by atoms with Gasteiger partial charge in [-0.1, -0.05) is 12.1 Å². The molecule has 0 saturated carbocycles. The molecule has 5 nitrogen and oxygen atoms in total. The SMILES string of the molecule is COc1cccc(CCC(=O)c2nc3ccc(F)c(F)c3c(=O)[nH]2)c1. The molecule has 0 radical (unpaired) electrons. The van der Waals surface area contributed by atoms with Crippen LogP contribution in [0.25, 0.3) is 10.9 Å². The summed E-state index contributed by atoms with van der Waals surface area (Å²) in [6, 6.07) is 9.30. The van der Waals surface area contributed by atoms with Gasteiger partial charge in [-0.3, -0.25) is 9.59 Å². The predicted molar refractivity (Wildman–Crippen MR) is 87.9 cm³/mol. The summed E-state index contributed by atoms with van der Waals surface area (Å²) in [7, 11) is 1.55. The highest BCUT2D eigenvalue weighted by Crippen LogP contribution is 2.17. The standard InChI is InChI=1S/C18H14F2N2O3/c1-25-11-4-2-3-10(9-11)5-8-14(23)17-21-13-7-6-12(19)16(20)15(13)18(24)22-17/h2-4,6-7,9H,5,8H2,1H3,(H,21,22,24). The van der Waals surface area contributed by atoms with Crippen molar-refractivity contribution in [2.24, 2.45) is 0 Å². The highest BCUT2D eigenvalue weighted by Gasteiger charge is 2.16. The summed E-state index contributed by atoms with van der Waals surface area (Å²) >= 11 is 0. The highest BCUT2D eigenvalue weighted by atomic mass is 19.2. The van der Waals surface area contributed by atoms with Crippen LogP contribution in [0.1, 0.15) is 22.6 Å². The van der Waals surface area contributed by atoms with Crippen LogP contribution >= 0.6 is 0 Å². The Morgan fingerprint density at radius 2 is 2.04 bits per heavy atom. The van der Waals surface area contributed by atoms with E-state index in [1.807, 2.05) is 18.2 Å². The maximum absolute atomic E-state index is 13.7. The number of aromatic nitrogens is 2. The van der Waals surface area contributed by atoms with Gasteiger partial charge in [0.1, 0.15) is 11.1 Å². The summed E-state index contributed by atoms with van der Waals surface area (Å²) in [6.45, 7) is 0. The average Bonchev–Trinajstić information content (AvgIpc) is 2.62. The van der Waals surface area contributed by atoms with Crippen molar-refractivity contribution in [1.29, 1.82) is 0 Å². The van der Waals surface area contributed by atoms with Crippen molar-refractivity contribution in [2.75, 3.05) is 7.11 Å². The maximum Gasteiger partial charge on any atom is 0.262 e. The molecule has 0 amide bonds. The lowest BCUT2D eigenvalue weighted by atomic mass is 10.1. The molecule has 0 aliphatic rings. The summed E-state index contributed by atoms with van der Waals surface area (Å²) in [5, 5.41) is -0.496. The maximum atomic E-state index is 13.7. The first kappa shape index (κ1) is 16.8. The zero-order chi connectivity index (χ0) is 18.0. The van der Waals surface area contributed by atoms with Crippen molar-refractivity contribution in [3.63, 3.8) is 0 Å². The lowest BCUT2D eigenvalue weighted by molar-refractivity contribution is 0.0973. The fourth-order valence-corrected chi connectivity index (χ4v) is 2.50. The largest absolute Gasteiger partial charge is 0.497 e. The zero-order valence-electron chi connectivity index (χ0n) is 13.3. The summed E-state index contributed by atoms with van der Waals surface area (Å²) in [5.74, 6) is -2.31. The molecule has 3 rings (SSSR count). The second kappa shape index (κ2) is 6.80. The van der Waals surface area contributed by atoms with E-state index in [0.29, 0.717) is 12.2 Å². The molecule has 0 aliphatic heterocycles. The summed E-state index contributed by atoms with van der Waals surface area (Å²) < 4.78 is 32.0. The molecular formula is C18H14F2N2O3. The Labute approximate surface area is 141 Å². The summed E-state index contributed by atoms with van der Waals surface area (Å²) in [5.41, 5.74) is -0.0527. The van der Waals surface area contributed by atoms with Crippen LogP contribution in [-0.4, -0.2) is 22.9 Å². The molecule has 25 heavy (non-hydrogen) atoms. The van der Waals surface area contributed by atoms with Crippen molar-refractivity contribution in [3.8, 4) is 5.75 Å². The third-order valence-electron chi connectivity index (χ3n) is 3.80. The van der Waals surface area contributed by atoms with Gasteiger partial charge in [0.05, 0.1) is 12.6 Å². The topological polar surface area (TPSA) is 72.0 Å². The van der Waals surface area contributed by atoms with E-state index in [9.17, 15) is 18.4 Å². The molecule has 1 aromatic heterocycles. The number of rotatable bonds is 5. The Balaban J connectivity index is 1.85. The summed E-state index contributed by atoms with van der Waals surface area (Å²) in [6.07, 6.45) is 0.529. The van der Waals surface area contributed by atoms with Crippen LogP contribution in [0.3, 0.4) is 0 Å². The minimum absolute atomic E-state index is 0.0626. The van der Waals surface area contributed by atoms with E-state index in [1.54, 1.807) is 13.2 Å². The van der Waals surface area contributed by atoms with Gasteiger partial charge in [0.25, 0.3) is 5.56 Å². The third-order valence-corrected chi connectivity index (χ3v) is 3.80. The molecule has 0 atom stereocenters. The monoisotopic (exact) mass is 344 g/mol. The van der Waals surface area contributed by atoms with Gasteiger partial charge in [-0.2, -0.15) is 0 Å². The fourth-order valence-electron chi connectivity index (χ4n) is 2.50. The van der Waals surface area contributed by atoms with Gasteiger partial charge in [0, 0.05) is 6.42 Å². The van der Waals surface area contributed by atoms with Crippen molar-refractivity contribution < 1.29 is 18.3 Å². The quantitative estimate of drug-likeness (QED) is 0.722. The molecule has 0 fully saturated rings. The lowest BCUT2D eigenvalue weighted by Gasteiger charge is -2.05. The second-order valence-corrected chi connectivity index (χ2v) is 5.44. The molecule has 7 heteroatoms. The first-order chi connectivity index (χ1) is 12.0. The number of ether oxygens (including phenoxy) is 1. The minimum Gasteiger partial charge on any atom is -0.497 e. The Morgan fingerprint density at radius 3 is 2.80 bits per heavy atom. The van der Waals surface area contributed by atoms with Crippen LogP contribution in [0, 0.1) is 11.6 Å². The zero-order valence-corrected chi connectivity index (χ0v) is 13.3. The molecule has 1 N–H and O–H groups in total. The molecule has 0 unspecified atom stereocenters. The van der Waals surface area contributed by atoms with Crippen molar-refractivity contribution in [1.82, 2.24) is 9.97 Å². The molecule has 2 aromatic carbocycles. The van der Waals surface area contributed by atoms with Crippen LogP contribution in [0.4, 0.5) is 8.78 Å². The number of nitrogens with zero attached hydrogens (tertiary/aromatic N) is 1. The van der Waals surface area contributed by atoms with Crippen molar-refractivity contribution in [3.05, 3.63) is 69.8 Å². The predicted octanol–water partition coefficient (Wildman–Crippen LogP) is 3.03. The molecule has 3 aromatic rings. The molecular weight excluding hydrogens is 330 g/mol. The number of H-pyrrole nitrogens is 1. The van der Waals surface area contributed by atoms with Crippen molar-refractivity contribution >= 4 is 16.7 Å². The molecule has 128 valence electrons. The van der Waals surface area contributed by atoms with Crippen LogP contribution in [0.15, 0.2) is 41.2 Å². The van der Waals surface area contributed by atoms with E-state index in [2.05, 4.69) is 9.97 Å². The Hall–Kier alpha value is -3.09. The van der Waals surface area contributed by atoms with E-state index >= 15 is 0 Å². The fraction of sp³-hybridized carbons (Fsp3) is 0.167. The highest BCUT2D eigenvalue weighted by molar-refractivity contribution is 5.94. The van der Waals surface area contributed by atoms with Crippen LogP contribution in [0.2, 0.25) is 0 Å². The number of fused-ring (bicyclic) bond motifs is 1. The number of benzene rings is 2. The number of hydrogen-bond acceptors (Lipinski definition) is 4. The molecule has 1 heterocycles. The normalized spacial score (nSPS) is 10.8. The second-order valence-electron chi connectivity index (χ2n) is 5.44. The van der Waals surface area contributed by atoms with E-state index in [0.717, 1.165) is 11.6 Å². The summed E-state index contributed by atoms with van der Waals surface area (Å²) in [4.78, 5) is 30.4. The van der Waals surface area contributed by atoms with E-state index in [4.69, 9.17) is 4.74 Å². The number of halogens is 2. The van der Waals surface area contributed by atoms with E-state index in [-0.39, 0.29) is 17.8 Å². The molecule has 0 bridgehead atoms. The lowest BCUT2D eigenvalue weighted by Crippen LogP contribution is -2.17.